The van der Waals surface area contributed by atoms with E-state index in [4.69, 9.17) is 5.11 Å². The second kappa shape index (κ2) is 9.99. The number of likely N-dealkylation sites (tertiary alicyclic amines) is 1. The molecule has 1 aromatic carbocycles. The van der Waals surface area contributed by atoms with Crippen molar-refractivity contribution in [2.45, 2.75) is 44.3 Å². The van der Waals surface area contributed by atoms with Gasteiger partial charge in [-0.15, -0.1) is 0 Å². The van der Waals surface area contributed by atoms with Gasteiger partial charge in [-0.05, 0) is 31.2 Å². The van der Waals surface area contributed by atoms with E-state index < -0.39 is 48.2 Å². The molecule has 1 aliphatic heterocycles. The Hall–Kier alpha value is -3.82. The summed E-state index contributed by atoms with van der Waals surface area (Å²) in [4.78, 5) is 65.7. The van der Waals surface area contributed by atoms with Gasteiger partial charge in [0.1, 0.15) is 24.1 Å². The lowest BCUT2D eigenvalue weighted by atomic mass is 10.1. The number of aliphatic carboxylic acids is 1. The number of nitrogens with one attached hydrogen (secondary N) is 2. The Morgan fingerprint density at radius 2 is 1.97 bits per heavy atom. The summed E-state index contributed by atoms with van der Waals surface area (Å²) in [5.74, 6) is -2.77. The minimum absolute atomic E-state index is 0.195. The molecule has 3 rings (SSSR count). The molecule has 1 fully saturated rings. The van der Waals surface area contributed by atoms with Gasteiger partial charge in [-0.3, -0.25) is 24.2 Å². The number of nitrogens with zero attached hydrogens (tertiary/aromatic N) is 2. The third kappa shape index (κ3) is 5.08. The first kappa shape index (κ1) is 22.9. The number of hydrogen-bond acceptors (Lipinski definition) is 6. The highest BCUT2D eigenvalue weighted by Crippen LogP contribution is 2.20. The SMILES string of the molecule is CC(NC(=O)c1nccc2ccccc12)C(=O)N1CCCC1C(=O)N[C@H](C=O)CC(=O)O. The van der Waals surface area contributed by atoms with Crippen LogP contribution in [0.3, 0.4) is 0 Å². The fourth-order valence-corrected chi connectivity index (χ4v) is 3.78. The smallest absolute Gasteiger partial charge is 0.305 e. The number of hydrogen-bond donors (Lipinski definition) is 3. The van der Waals surface area contributed by atoms with Crippen LogP contribution >= 0.6 is 0 Å². The van der Waals surface area contributed by atoms with Gasteiger partial charge in [0, 0.05) is 18.1 Å². The van der Waals surface area contributed by atoms with Gasteiger partial charge < -0.3 is 25.4 Å². The van der Waals surface area contributed by atoms with Crippen molar-refractivity contribution in [3.05, 3.63) is 42.2 Å². The third-order valence-corrected chi connectivity index (χ3v) is 5.33. The van der Waals surface area contributed by atoms with Crippen LogP contribution in [0.15, 0.2) is 36.5 Å². The van der Waals surface area contributed by atoms with E-state index in [2.05, 4.69) is 15.6 Å². The molecule has 0 aliphatic carbocycles. The van der Waals surface area contributed by atoms with Crippen molar-refractivity contribution in [1.29, 1.82) is 0 Å². The quantitative estimate of drug-likeness (QED) is 0.507. The number of carboxylic acids is 1. The number of carboxylic acid groups (broad SMARTS) is 1. The molecule has 3 N–H and O–H groups in total. The maximum absolute atomic E-state index is 13.0. The summed E-state index contributed by atoms with van der Waals surface area (Å²) in [6.07, 6.45) is 2.28. The van der Waals surface area contributed by atoms with Gasteiger partial charge in [0.15, 0.2) is 0 Å². The Bertz CT molecular complexity index is 1050. The Morgan fingerprint density at radius 1 is 1.22 bits per heavy atom. The number of pyridine rings is 1. The predicted molar refractivity (Wildman–Crippen MR) is 114 cm³/mol. The van der Waals surface area contributed by atoms with E-state index in [1.807, 2.05) is 12.1 Å². The summed E-state index contributed by atoms with van der Waals surface area (Å²) in [7, 11) is 0. The summed E-state index contributed by atoms with van der Waals surface area (Å²) in [6.45, 7) is 1.84. The fraction of sp³-hybridized carbons (Fsp3) is 0.364. The van der Waals surface area contributed by atoms with Gasteiger partial charge in [-0.2, -0.15) is 0 Å². The van der Waals surface area contributed by atoms with Crippen LogP contribution in [0, 0.1) is 0 Å². The first-order chi connectivity index (χ1) is 15.3. The fourth-order valence-electron chi connectivity index (χ4n) is 3.78. The van der Waals surface area contributed by atoms with Crippen LogP contribution in [0.2, 0.25) is 0 Å². The maximum atomic E-state index is 13.0. The number of aromatic nitrogens is 1. The van der Waals surface area contributed by atoms with E-state index in [1.54, 1.807) is 18.2 Å². The van der Waals surface area contributed by atoms with Crippen molar-refractivity contribution in [3.63, 3.8) is 0 Å². The summed E-state index contributed by atoms with van der Waals surface area (Å²) >= 11 is 0. The number of carbonyl (C=O) groups excluding carboxylic acids is 4. The van der Waals surface area contributed by atoms with Crippen molar-refractivity contribution in [2.75, 3.05) is 6.54 Å². The topological polar surface area (TPSA) is 146 Å². The van der Waals surface area contributed by atoms with Crippen LogP contribution in [0.4, 0.5) is 0 Å². The van der Waals surface area contributed by atoms with Gasteiger partial charge >= 0.3 is 5.97 Å². The zero-order chi connectivity index (χ0) is 23.3. The highest BCUT2D eigenvalue weighted by atomic mass is 16.4. The van der Waals surface area contributed by atoms with Crippen LogP contribution < -0.4 is 10.6 Å². The minimum atomic E-state index is -1.22. The second-order valence-corrected chi connectivity index (χ2v) is 7.61. The molecule has 10 heteroatoms. The molecule has 0 spiro atoms. The first-order valence-corrected chi connectivity index (χ1v) is 10.2. The van der Waals surface area contributed by atoms with Gasteiger partial charge in [0.2, 0.25) is 11.8 Å². The summed E-state index contributed by atoms with van der Waals surface area (Å²) in [5.41, 5.74) is 0.195. The average molecular weight is 440 g/mol. The van der Waals surface area contributed by atoms with Crippen LogP contribution in [0.25, 0.3) is 10.8 Å². The number of rotatable bonds is 8. The van der Waals surface area contributed by atoms with E-state index in [1.165, 1.54) is 18.0 Å². The van der Waals surface area contributed by atoms with Crippen LogP contribution in [-0.4, -0.2) is 69.6 Å². The van der Waals surface area contributed by atoms with Crippen LogP contribution in [0.5, 0.6) is 0 Å². The summed E-state index contributed by atoms with van der Waals surface area (Å²) < 4.78 is 0. The summed E-state index contributed by atoms with van der Waals surface area (Å²) in [5, 5.41) is 15.3. The molecule has 0 bridgehead atoms. The molecule has 168 valence electrons. The van der Waals surface area contributed by atoms with Crippen molar-refractivity contribution in [1.82, 2.24) is 20.5 Å². The zero-order valence-corrected chi connectivity index (χ0v) is 17.5. The lowest BCUT2D eigenvalue weighted by molar-refractivity contribution is -0.141. The van der Waals surface area contributed by atoms with Gasteiger partial charge in [0.05, 0.1) is 12.5 Å². The molecular formula is C22H24N4O6. The van der Waals surface area contributed by atoms with E-state index in [9.17, 15) is 24.0 Å². The Balaban J connectivity index is 1.67. The van der Waals surface area contributed by atoms with Crippen LogP contribution in [0.1, 0.15) is 36.7 Å². The normalized spacial score (nSPS) is 17.4. The molecule has 2 unspecified atom stereocenters. The highest BCUT2D eigenvalue weighted by molar-refractivity contribution is 6.06. The molecule has 2 aromatic rings. The number of fused-ring (bicyclic) bond motifs is 1. The zero-order valence-electron chi connectivity index (χ0n) is 17.5. The number of amides is 3. The monoisotopic (exact) mass is 440 g/mol. The van der Waals surface area contributed by atoms with Gasteiger partial charge in [-0.25, -0.2) is 0 Å². The third-order valence-electron chi connectivity index (χ3n) is 5.33. The highest BCUT2D eigenvalue weighted by Gasteiger charge is 2.37. The molecule has 3 atom stereocenters. The molecular weight excluding hydrogens is 416 g/mol. The molecule has 1 saturated heterocycles. The maximum Gasteiger partial charge on any atom is 0.305 e. The molecule has 32 heavy (non-hydrogen) atoms. The van der Waals surface area contributed by atoms with E-state index >= 15 is 0 Å². The molecule has 0 saturated carbocycles. The standard InChI is InChI=1S/C22H24N4O6/c1-13(24-21(31)19-16-6-3-2-5-14(16)8-9-23-19)22(32)26-10-4-7-17(26)20(30)25-15(12-27)11-18(28)29/h2-3,5-6,8-9,12-13,15,17H,4,7,10-11H2,1H3,(H,24,31)(H,25,30)(H,28,29)/t13?,15-,17?/m0/s1. The molecule has 3 amide bonds. The molecule has 10 nitrogen and oxygen atoms in total. The molecule has 1 aromatic heterocycles. The number of benzene rings is 1. The average Bonchev–Trinajstić information content (AvgIpc) is 3.27. The van der Waals surface area contributed by atoms with Crippen molar-refractivity contribution < 1.29 is 29.1 Å². The van der Waals surface area contributed by atoms with Crippen molar-refractivity contribution in [2.24, 2.45) is 0 Å². The Labute approximate surface area is 184 Å². The Kier molecular flexibility index (Phi) is 7.14. The van der Waals surface area contributed by atoms with Crippen molar-refractivity contribution >= 4 is 40.7 Å². The predicted octanol–water partition coefficient (Wildman–Crippen LogP) is 0.503. The van der Waals surface area contributed by atoms with Crippen LogP contribution in [-0.2, 0) is 19.2 Å². The lowest BCUT2D eigenvalue weighted by Crippen LogP contribution is -2.54. The van der Waals surface area contributed by atoms with E-state index in [0.717, 1.165) is 5.39 Å². The van der Waals surface area contributed by atoms with Crippen molar-refractivity contribution in [3.8, 4) is 0 Å². The molecule has 0 radical (unpaired) electrons. The first-order valence-electron chi connectivity index (χ1n) is 10.2. The summed E-state index contributed by atoms with van der Waals surface area (Å²) in [6, 6.07) is 6.11. The van der Waals surface area contributed by atoms with Gasteiger partial charge in [0.25, 0.3) is 5.91 Å². The lowest BCUT2D eigenvalue weighted by Gasteiger charge is -2.27. The number of carbonyl (C=O) groups is 5. The number of aldehydes is 1. The van der Waals surface area contributed by atoms with E-state index in [0.29, 0.717) is 31.1 Å². The largest absolute Gasteiger partial charge is 0.481 e. The van der Waals surface area contributed by atoms with E-state index in [-0.39, 0.29) is 5.69 Å². The molecule has 2 heterocycles. The van der Waals surface area contributed by atoms with Gasteiger partial charge in [-0.1, -0.05) is 24.3 Å². The second-order valence-electron chi connectivity index (χ2n) is 7.61. The molecule has 1 aliphatic rings. The Morgan fingerprint density at radius 3 is 2.69 bits per heavy atom. The minimum Gasteiger partial charge on any atom is -0.481 e.